The van der Waals surface area contributed by atoms with Crippen LogP contribution in [0.5, 0.6) is 11.5 Å². The summed E-state index contributed by atoms with van der Waals surface area (Å²) in [6, 6.07) is 45.0. The monoisotopic (exact) mass is 876 g/mol. The summed E-state index contributed by atoms with van der Waals surface area (Å²) >= 11 is 0. The molecular weight excluding hydrogens is 834 g/mol. The van der Waals surface area contributed by atoms with E-state index in [0.717, 1.165) is 55.7 Å². The molecule has 0 N–H and O–H groups in total. The average Bonchev–Trinajstić information content (AvgIpc) is 3.67. The normalized spacial score (nSPS) is 12.0. The summed E-state index contributed by atoms with van der Waals surface area (Å²) in [5.41, 5.74) is 9.62. The van der Waals surface area contributed by atoms with Crippen LogP contribution in [0.2, 0.25) is 0 Å². The van der Waals surface area contributed by atoms with Gasteiger partial charge < -0.3 is 18.8 Å². The zero-order valence-corrected chi connectivity index (χ0v) is 33.7. The van der Waals surface area contributed by atoms with Gasteiger partial charge in [-0.1, -0.05) is 95.6 Å². The van der Waals surface area contributed by atoms with E-state index in [0.29, 0.717) is 11.5 Å². The molecule has 0 amide bonds. The Hall–Kier alpha value is -5.19. The first-order valence-corrected chi connectivity index (χ1v) is 17.8. The summed E-state index contributed by atoms with van der Waals surface area (Å²) in [4.78, 5) is 6.85. The maximum atomic E-state index is 6.52. The Morgan fingerprint density at radius 3 is 2.08 bits per heavy atom. The quantitative estimate of drug-likeness (QED) is 0.123. The van der Waals surface area contributed by atoms with Gasteiger partial charge in [-0.3, -0.25) is 4.57 Å². The molecule has 8 rings (SSSR count). The zero-order chi connectivity index (χ0) is 36.4. The van der Waals surface area contributed by atoms with Crippen molar-refractivity contribution in [3.63, 3.8) is 0 Å². The van der Waals surface area contributed by atoms with E-state index in [1.807, 2.05) is 50.6 Å². The van der Waals surface area contributed by atoms with E-state index in [1.54, 1.807) is 0 Å². The molecule has 0 saturated heterocycles. The molecule has 7 heteroatoms. The fraction of sp³-hybridized carbons (Fsp3) is 0.217. The number of benzene rings is 5. The smallest absolute Gasteiger partial charge is 0.268 e. The van der Waals surface area contributed by atoms with E-state index in [9.17, 15) is 0 Å². The van der Waals surface area contributed by atoms with Crippen LogP contribution >= 0.6 is 0 Å². The Bertz CT molecular complexity index is 2590. The molecule has 6 nitrogen and oxygen atoms in total. The molecule has 0 atom stereocenters. The van der Waals surface area contributed by atoms with Gasteiger partial charge in [-0.2, -0.15) is 18.2 Å². The molecular formula is C46H43N5OPt-2. The topological polar surface area (TPSA) is 39.1 Å². The van der Waals surface area contributed by atoms with Crippen molar-refractivity contribution < 1.29 is 30.4 Å². The number of anilines is 1. The maximum absolute atomic E-state index is 6.52. The van der Waals surface area contributed by atoms with Gasteiger partial charge >= 0.3 is 0 Å². The van der Waals surface area contributed by atoms with E-state index < -0.39 is 0 Å². The number of rotatable bonds is 6. The van der Waals surface area contributed by atoms with Crippen LogP contribution in [-0.2, 0) is 31.9 Å². The molecule has 270 valence electrons. The Kier molecular flexibility index (Phi) is 9.32. The van der Waals surface area contributed by atoms with E-state index in [-0.39, 0.29) is 31.9 Å². The van der Waals surface area contributed by atoms with E-state index in [2.05, 4.69) is 157 Å². The van der Waals surface area contributed by atoms with E-state index >= 15 is 0 Å². The third-order valence-corrected chi connectivity index (χ3v) is 9.72. The summed E-state index contributed by atoms with van der Waals surface area (Å²) in [7, 11) is 4.07. The molecule has 3 heterocycles. The van der Waals surface area contributed by atoms with Gasteiger partial charge in [0.15, 0.2) is 0 Å². The fourth-order valence-corrected chi connectivity index (χ4v) is 6.76. The van der Waals surface area contributed by atoms with Crippen molar-refractivity contribution in [1.29, 1.82) is 0 Å². The number of pyridine rings is 1. The molecule has 0 aliphatic rings. The standard InChI is InChI=1S/C46H43N5O.Pt/c1-45(2,3)31-24-32(46(4,5)6)26-35(25-31)50-30-49(41-18-11-12-19-42(41)50)34-14-13-15-36(27-34)52-37-20-21-39-38-16-9-10-17-40(38)51(43(39)29-37)44-28-33(48(7)8)22-23-47-44;/h9-26,28H,1-8H3;/q-2;. The van der Waals surface area contributed by atoms with Gasteiger partial charge in [-0.15, -0.1) is 29.7 Å². The van der Waals surface area contributed by atoms with Crippen LogP contribution in [0.15, 0.2) is 115 Å². The van der Waals surface area contributed by atoms with Crippen molar-refractivity contribution >= 4 is 38.5 Å². The van der Waals surface area contributed by atoms with Crippen LogP contribution in [0, 0.1) is 18.5 Å². The minimum atomic E-state index is -0.00441. The van der Waals surface area contributed by atoms with Crippen LogP contribution in [0.4, 0.5) is 5.69 Å². The summed E-state index contributed by atoms with van der Waals surface area (Å²) in [5.74, 6) is 2.01. The summed E-state index contributed by atoms with van der Waals surface area (Å²) in [5, 5.41) is 2.22. The van der Waals surface area contributed by atoms with Crippen molar-refractivity contribution in [2.24, 2.45) is 0 Å². The molecule has 0 unspecified atom stereocenters. The Balaban J connectivity index is 0.00000435. The largest absolute Gasteiger partial charge is 0.510 e. The van der Waals surface area contributed by atoms with Gasteiger partial charge in [0.1, 0.15) is 5.82 Å². The Morgan fingerprint density at radius 1 is 0.679 bits per heavy atom. The number of nitrogens with zero attached hydrogens (tertiary/aromatic N) is 5. The first-order chi connectivity index (χ1) is 24.8. The van der Waals surface area contributed by atoms with Crippen LogP contribution in [0.3, 0.4) is 0 Å². The molecule has 0 spiro atoms. The molecule has 0 fully saturated rings. The molecule has 0 bridgehead atoms. The number of ether oxygens (including phenoxy) is 1. The molecule has 0 radical (unpaired) electrons. The summed E-state index contributed by atoms with van der Waals surface area (Å²) in [6.07, 6.45) is 5.52. The van der Waals surface area contributed by atoms with Crippen molar-refractivity contribution in [3.05, 3.63) is 145 Å². The number of para-hydroxylation sites is 3. The first kappa shape index (κ1) is 36.2. The SMILES string of the molecule is CN(C)c1ccnc(-n2c3[c-]c(Oc4[c-]c(-n5[c-][n+](-c6cc(C(C)(C)C)cc(C(C)(C)C)c6)c6ccccc65)ccc4)ccc3c3ccccc32)c1.[Pt]. The second-order valence-corrected chi connectivity index (χ2v) is 15.7. The van der Waals surface area contributed by atoms with Gasteiger partial charge in [-0.25, -0.2) is 4.98 Å². The second-order valence-electron chi connectivity index (χ2n) is 15.7. The predicted molar refractivity (Wildman–Crippen MR) is 212 cm³/mol. The van der Waals surface area contributed by atoms with Gasteiger partial charge in [-0.05, 0) is 57.3 Å². The second kappa shape index (κ2) is 13.7. The molecule has 53 heavy (non-hydrogen) atoms. The van der Waals surface area contributed by atoms with Crippen molar-refractivity contribution in [2.75, 3.05) is 19.0 Å². The van der Waals surface area contributed by atoms with Crippen LogP contribution < -0.4 is 14.2 Å². The number of aromatic nitrogens is 4. The van der Waals surface area contributed by atoms with Gasteiger partial charge in [0.2, 0.25) is 0 Å². The summed E-state index contributed by atoms with van der Waals surface area (Å²) < 4.78 is 12.9. The molecule has 0 saturated carbocycles. The third kappa shape index (κ3) is 6.77. The van der Waals surface area contributed by atoms with Gasteiger partial charge in [0.05, 0.1) is 16.7 Å². The molecule has 5 aromatic carbocycles. The Morgan fingerprint density at radius 2 is 1.36 bits per heavy atom. The van der Waals surface area contributed by atoms with Crippen molar-refractivity contribution in [2.45, 2.75) is 52.4 Å². The maximum Gasteiger partial charge on any atom is 0.268 e. The van der Waals surface area contributed by atoms with Gasteiger partial charge in [0.25, 0.3) is 6.33 Å². The third-order valence-electron chi connectivity index (χ3n) is 9.72. The minimum absolute atomic E-state index is 0. The average molecular weight is 877 g/mol. The number of hydrogen-bond acceptors (Lipinski definition) is 3. The number of imidazole rings is 1. The number of fused-ring (bicyclic) bond motifs is 4. The van der Waals surface area contributed by atoms with E-state index in [1.165, 1.54) is 11.1 Å². The van der Waals surface area contributed by atoms with Gasteiger partial charge in [0, 0.05) is 70.1 Å². The molecule has 0 aliphatic carbocycles. The first-order valence-electron chi connectivity index (χ1n) is 17.8. The predicted octanol–water partition coefficient (Wildman–Crippen LogP) is 10.3. The molecule has 8 aromatic rings. The zero-order valence-electron chi connectivity index (χ0n) is 31.4. The van der Waals surface area contributed by atoms with Crippen molar-refractivity contribution in [3.8, 4) is 28.7 Å². The van der Waals surface area contributed by atoms with Crippen LogP contribution in [0.25, 0.3) is 50.0 Å². The fourth-order valence-electron chi connectivity index (χ4n) is 6.76. The molecule has 3 aromatic heterocycles. The minimum Gasteiger partial charge on any atom is -0.510 e. The van der Waals surface area contributed by atoms with Crippen molar-refractivity contribution in [1.82, 2.24) is 14.1 Å². The van der Waals surface area contributed by atoms with Crippen LogP contribution in [-0.4, -0.2) is 28.2 Å². The van der Waals surface area contributed by atoms with Crippen LogP contribution in [0.1, 0.15) is 52.7 Å². The summed E-state index contributed by atoms with van der Waals surface area (Å²) in [6.45, 7) is 13.6. The van der Waals surface area contributed by atoms with E-state index in [4.69, 9.17) is 9.72 Å². The number of hydrogen-bond donors (Lipinski definition) is 0. The molecule has 0 aliphatic heterocycles. The Labute approximate surface area is 326 Å².